The van der Waals surface area contributed by atoms with E-state index in [9.17, 15) is 0 Å². The lowest BCUT2D eigenvalue weighted by atomic mass is 9.86. The Hall–Kier alpha value is -1.99. The maximum absolute atomic E-state index is 2.44. The topological polar surface area (TPSA) is 0 Å². The fourth-order valence-electron chi connectivity index (χ4n) is 3.76. The van der Waals surface area contributed by atoms with Crippen molar-refractivity contribution in [1.29, 1.82) is 0 Å². The number of rotatable bonds is 1. The molecule has 0 radical (unpaired) electrons. The van der Waals surface area contributed by atoms with Crippen LogP contribution in [0.2, 0.25) is 0 Å². The summed E-state index contributed by atoms with van der Waals surface area (Å²) in [5, 5.41) is 4.26. The smallest absolute Gasteiger partial charge is 0.0622 e. The Morgan fingerprint density at radius 1 is 0.692 bits per heavy atom. The minimum atomic E-state index is 0.133. The van der Waals surface area contributed by atoms with E-state index in [-0.39, 0.29) is 10.8 Å². The molecule has 4 aromatic rings. The predicted octanol–water partition coefficient (Wildman–Crippen LogP) is 8.04. The van der Waals surface area contributed by atoms with Gasteiger partial charge in [-0.25, -0.2) is 0 Å². The van der Waals surface area contributed by atoms with Gasteiger partial charge in [0.2, 0.25) is 20.9 Å². The average Bonchev–Trinajstić information content (AvgIpc) is 3.02. The van der Waals surface area contributed by atoms with Crippen LogP contribution < -0.4 is 0 Å². The van der Waals surface area contributed by atoms with E-state index < -0.39 is 0 Å². The van der Waals surface area contributed by atoms with Crippen molar-refractivity contribution in [2.75, 3.05) is 0 Å². The fraction of sp³-hybridized carbons (Fsp3) is 0.320. The summed E-state index contributed by atoms with van der Waals surface area (Å²) in [4.78, 5) is 1.40. The van der Waals surface area contributed by atoms with Gasteiger partial charge in [0.05, 0.1) is 10.8 Å². The van der Waals surface area contributed by atoms with Gasteiger partial charge in [-0.15, -0.1) is 0 Å². The summed E-state index contributed by atoms with van der Waals surface area (Å²) in [6.07, 6.45) is 0. The largest absolute Gasteiger partial charge is 0.246 e. The second-order valence-corrected chi connectivity index (χ2v) is 10.4. The molecular formula is C25H27S+. The lowest BCUT2D eigenvalue weighted by Crippen LogP contribution is -2.10. The molecule has 0 amide bonds. The molecule has 132 valence electrons. The summed E-state index contributed by atoms with van der Waals surface area (Å²) in [5.41, 5.74) is 4.45. The molecule has 1 heteroatoms. The lowest BCUT2D eigenvalue weighted by Gasteiger charge is -2.18. The molecule has 1 aromatic heterocycles. The molecule has 0 atom stereocenters. The van der Waals surface area contributed by atoms with Crippen molar-refractivity contribution >= 4 is 32.2 Å². The van der Waals surface area contributed by atoms with Crippen LogP contribution in [0.15, 0.2) is 54.6 Å². The van der Waals surface area contributed by atoms with Crippen LogP contribution in [0.1, 0.15) is 52.7 Å². The van der Waals surface area contributed by atoms with E-state index in [1.165, 1.54) is 42.4 Å². The molecule has 0 saturated heterocycles. The zero-order valence-electron chi connectivity index (χ0n) is 16.6. The van der Waals surface area contributed by atoms with Crippen LogP contribution in [0.25, 0.3) is 31.3 Å². The molecule has 3 aromatic carbocycles. The number of benzene rings is 1. The zero-order chi connectivity index (χ0) is 18.7. The predicted molar refractivity (Wildman–Crippen MR) is 118 cm³/mol. The van der Waals surface area contributed by atoms with E-state index >= 15 is 0 Å². The van der Waals surface area contributed by atoms with Crippen LogP contribution in [0.4, 0.5) is 0 Å². The number of hydrogen-bond acceptors (Lipinski definition) is 0. The maximum atomic E-state index is 2.44. The fourth-order valence-corrected chi connectivity index (χ4v) is 5.02. The van der Waals surface area contributed by atoms with Crippen molar-refractivity contribution in [3.8, 4) is 10.4 Å². The van der Waals surface area contributed by atoms with Crippen LogP contribution in [-0.2, 0) is 10.8 Å². The van der Waals surface area contributed by atoms with E-state index in [0.717, 1.165) is 0 Å². The molecule has 0 bridgehead atoms. The van der Waals surface area contributed by atoms with E-state index in [1.807, 2.05) is 11.3 Å². The molecule has 4 rings (SSSR count). The normalized spacial score (nSPS) is 13.0. The maximum Gasteiger partial charge on any atom is 0.246 e. The highest BCUT2D eigenvalue weighted by molar-refractivity contribution is 7.23. The van der Waals surface area contributed by atoms with Crippen molar-refractivity contribution in [1.82, 2.24) is 0 Å². The van der Waals surface area contributed by atoms with E-state index in [2.05, 4.69) is 96.1 Å². The Labute approximate surface area is 160 Å². The van der Waals surface area contributed by atoms with Gasteiger partial charge in [0.15, 0.2) is 0 Å². The Morgan fingerprint density at radius 2 is 1.38 bits per heavy atom. The molecular weight excluding hydrogens is 332 g/mol. The van der Waals surface area contributed by atoms with Crippen molar-refractivity contribution in [2.45, 2.75) is 52.4 Å². The van der Waals surface area contributed by atoms with Gasteiger partial charge >= 0.3 is 0 Å². The lowest BCUT2D eigenvalue weighted by molar-refractivity contribution is 0.591. The molecule has 0 fully saturated rings. The van der Waals surface area contributed by atoms with Gasteiger partial charge in [0, 0.05) is 11.6 Å². The van der Waals surface area contributed by atoms with Crippen LogP contribution in [-0.4, -0.2) is 0 Å². The first kappa shape index (κ1) is 17.4. The second-order valence-electron chi connectivity index (χ2n) is 9.35. The number of thiophene rings is 1. The van der Waals surface area contributed by atoms with Gasteiger partial charge in [-0.1, -0.05) is 71.9 Å². The molecule has 1 heterocycles. The monoisotopic (exact) mass is 359 g/mol. The number of hydrogen-bond donors (Lipinski definition) is 0. The minimum absolute atomic E-state index is 0.133. The molecule has 0 spiro atoms. The Kier molecular flexibility index (Phi) is 3.86. The highest BCUT2D eigenvalue weighted by Crippen LogP contribution is 2.47. The van der Waals surface area contributed by atoms with Crippen LogP contribution >= 0.6 is 11.3 Å². The highest BCUT2D eigenvalue weighted by Gasteiger charge is 2.30. The molecule has 0 aliphatic rings. The van der Waals surface area contributed by atoms with Gasteiger partial charge in [0.25, 0.3) is 0 Å². The second kappa shape index (κ2) is 5.76. The van der Waals surface area contributed by atoms with Crippen molar-refractivity contribution in [3.63, 3.8) is 0 Å². The third kappa shape index (κ3) is 2.79. The summed E-state index contributed by atoms with van der Waals surface area (Å²) in [6.45, 7) is 13.9. The first-order valence-electron chi connectivity index (χ1n) is 9.38. The Balaban J connectivity index is 2.15. The standard InChI is InChI=1S/C25H27S/c1-24(2,3)17-12-13-18-20(25(4,5)6)15-19-22(18)21(14-17)26-23(19)16-10-8-7-9-11-16/h7-15H,1-6H3/q+1. The molecule has 0 aliphatic heterocycles. The third-order valence-electron chi connectivity index (χ3n) is 5.25. The van der Waals surface area contributed by atoms with Crippen LogP contribution in [0.5, 0.6) is 0 Å². The highest BCUT2D eigenvalue weighted by atomic mass is 32.1. The summed E-state index contributed by atoms with van der Waals surface area (Å²) < 4.78 is 1.40. The van der Waals surface area contributed by atoms with Crippen molar-refractivity contribution in [3.05, 3.63) is 65.7 Å². The van der Waals surface area contributed by atoms with Crippen molar-refractivity contribution < 1.29 is 0 Å². The zero-order valence-corrected chi connectivity index (χ0v) is 17.4. The molecule has 0 unspecified atom stereocenters. The summed E-state index contributed by atoms with van der Waals surface area (Å²) >= 11 is 1.93. The third-order valence-corrected chi connectivity index (χ3v) is 6.45. The quantitative estimate of drug-likeness (QED) is 0.302. The molecule has 26 heavy (non-hydrogen) atoms. The minimum Gasteiger partial charge on any atom is -0.0622 e. The van der Waals surface area contributed by atoms with Gasteiger partial charge in [-0.2, -0.15) is 0 Å². The van der Waals surface area contributed by atoms with E-state index in [1.54, 1.807) is 0 Å². The van der Waals surface area contributed by atoms with Gasteiger partial charge < -0.3 is 0 Å². The van der Waals surface area contributed by atoms with E-state index in [4.69, 9.17) is 0 Å². The first-order valence-corrected chi connectivity index (χ1v) is 10.2. The molecule has 0 N–H and O–H groups in total. The summed E-state index contributed by atoms with van der Waals surface area (Å²) in [6, 6.07) is 20.4. The molecule has 0 saturated carbocycles. The Morgan fingerprint density at radius 3 is 2.00 bits per heavy atom. The Bertz CT molecular complexity index is 1080. The summed E-state index contributed by atoms with van der Waals surface area (Å²) in [5.74, 6) is 0. The SMILES string of the molecule is CC(C)(C)c1ccc2c(C(C)(C)C)cc3c(-c4ccccc4)[s+]c(c1)c23. The van der Waals surface area contributed by atoms with Crippen LogP contribution in [0.3, 0.4) is 0 Å². The van der Waals surface area contributed by atoms with Gasteiger partial charge in [-0.3, -0.25) is 0 Å². The van der Waals surface area contributed by atoms with Crippen LogP contribution in [0, 0.1) is 0 Å². The first-order chi connectivity index (χ1) is 12.2. The van der Waals surface area contributed by atoms with Gasteiger partial charge in [0.1, 0.15) is 0 Å². The molecule has 0 nitrogen and oxygen atoms in total. The van der Waals surface area contributed by atoms with Gasteiger partial charge in [-0.05, 0) is 45.5 Å². The average molecular weight is 360 g/mol. The van der Waals surface area contributed by atoms with Crippen molar-refractivity contribution in [2.24, 2.45) is 0 Å². The molecule has 0 aliphatic carbocycles. The van der Waals surface area contributed by atoms with E-state index in [0.29, 0.717) is 0 Å². The summed E-state index contributed by atoms with van der Waals surface area (Å²) in [7, 11) is 0.